The fourth-order valence-corrected chi connectivity index (χ4v) is 5.41. The van der Waals surface area contributed by atoms with Crippen molar-refractivity contribution < 1.29 is 42.0 Å². The molecule has 0 bridgehead atoms. The molecule has 2 aromatic rings. The third kappa shape index (κ3) is 6.20. The Morgan fingerprint density at radius 1 is 1.32 bits per heavy atom. The van der Waals surface area contributed by atoms with Gasteiger partial charge in [-0.15, -0.1) is 0 Å². The SMILES string of the molecule is CCOP(C)(=O)CCOCC1(C)C(=O)c2c(O)c(=O)c(C(=O)NCc3ccc(F)cc3F)cn2CC1OC. The van der Waals surface area contributed by atoms with Gasteiger partial charge in [-0.2, -0.15) is 0 Å². The number of carbonyl (C=O) groups is 2. The zero-order valence-corrected chi connectivity index (χ0v) is 22.5. The number of nitrogens with one attached hydrogen (secondary N) is 1. The molecule has 0 fully saturated rings. The quantitative estimate of drug-likeness (QED) is 0.319. The summed E-state index contributed by atoms with van der Waals surface area (Å²) in [6.07, 6.45) is 0.520. The van der Waals surface area contributed by atoms with E-state index >= 15 is 0 Å². The number of halogens is 2. The highest BCUT2D eigenvalue weighted by molar-refractivity contribution is 7.58. The van der Waals surface area contributed by atoms with Crippen LogP contribution in [0.4, 0.5) is 8.78 Å². The van der Waals surface area contributed by atoms with E-state index < -0.39 is 59.0 Å². The van der Waals surface area contributed by atoms with Gasteiger partial charge in [-0.3, -0.25) is 18.9 Å². The zero-order valence-electron chi connectivity index (χ0n) is 21.6. The molecule has 1 aliphatic rings. The highest BCUT2D eigenvalue weighted by atomic mass is 31.2. The second kappa shape index (κ2) is 11.9. The van der Waals surface area contributed by atoms with Crippen LogP contribution in [-0.2, 0) is 31.7 Å². The Labute approximate surface area is 218 Å². The van der Waals surface area contributed by atoms with Crippen molar-refractivity contribution in [3.8, 4) is 5.75 Å². The van der Waals surface area contributed by atoms with Crippen LogP contribution in [0.5, 0.6) is 5.75 Å². The summed E-state index contributed by atoms with van der Waals surface area (Å²) in [5, 5.41) is 13.0. The predicted molar refractivity (Wildman–Crippen MR) is 134 cm³/mol. The van der Waals surface area contributed by atoms with Gasteiger partial charge in [0, 0.05) is 44.3 Å². The van der Waals surface area contributed by atoms with Crippen molar-refractivity contribution in [2.24, 2.45) is 5.41 Å². The molecule has 3 rings (SSSR count). The number of pyridine rings is 1. The van der Waals surface area contributed by atoms with Crippen LogP contribution in [-0.4, -0.2) is 67.2 Å². The van der Waals surface area contributed by atoms with Gasteiger partial charge in [0.05, 0.1) is 37.9 Å². The molecule has 0 saturated heterocycles. The van der Waals surface area contributed by atoms with Crippen LogP contribution < -0.4 is 10.7 Å². The third-order valence-electron chi connectivity index (χ3n) is 6.49. The van der Waals surface area contributed by atoms with Crippen LogP contribution in [0.15, 0.2) is 29.2 Å². The average molecular weight is 556 g/mol. The summed E-state index contributed by atoms with van der Waals surface area (Å²) >= 11 is 0. The fraction of sp³-hybridized carbons (Fsp3) is 0.480. The largest absolute Gasteiger partial charge is 0.503 e. The van der Waals surface area contributed by atoms with Gasteiger partial charge >= 0.3 is 0 Å². The summed E-state index contributed by atoms with van der Waals surface area (Å²) in [5.41, 5.74) is -3.15. The standard InChI is InChI=1S/C25H31F2N2O8P/c1-5-37-38(4,34)9-8-36-14-25(2)19(35-3)13-29-12-17(21(30)22(31)20(29)23(25)32)24(33)28-11-15-6-7-16(26)10-18(15)27/h6-7,10,12,19,31H,5,8-9,11,13-14H2,1-4H3,(H,28,33). The van der Waals surface area contributed by atoms with E-state index in [1.54, 1.807) is 13.8 Å². The Hall–Kier alpha value is -2.92. The highest BCUT2D eigenvalue weighted by Crippen LogP contribution is 2.42. The molecule has 208 valence electrons. The Kier molecular flexibility index (Phi) is 9.25. The van der Waals surface area contributed by atoms with Gasteiger partial charge < -0.3 is 29.0 Å². The number of Topliss-reactive ketones (excluding diaryl/α,β-unsaturated/α-hetero) is 1. The van der Waals surface area contributed by atoms with Gasteiger partial charge in [0.1, 0.15) is 22.9 Å². The maximum absolute atomic E-state index is 13.9. The average Bonchev–Trinajstić information content (AvgIpc) is 2.85. The third-order valence-corrected chi connectivity index (χ3v) is 8.29. The molecule has 0 saturated carbocycles. The minimum atomic E-state index is -2.84. The number of hydrogen-bond acceptors (Lipinski definition) is 8. The molecule has 2 N–H and O–H groups in total. The van der Waals surface area contributed by atoms with Crippen LogP contribution in [0.25, 0.3) is 0 Å². The Morgan fingerprint density at radius 3 is 2.66 bits per heavy atom. The maximum Gasteiger partial charge on any atom is 0.257 e. The van der Waals surface area contributed by atoms with Gasteiger partial charge in [0.25, 0.3) is 5.91 Å². The molecule has 38 heavy (non-hydrogen) atoms. The lowest BCUT2D eigenvalue weighted by molar-refractivity contribution is -0.0514. The minimum absolute atomic E-state index is 0.00333. The number of fused-ring (bicyclic) bond motifs is 1. The van der Waals surface area contributed by atoms with Crippen molar-refractivity contribution in [1.82, 2.24) is 9.88 Å². The molecule has 2 heterocycles. The Morgan fingerprint density at radius 2 is 2.03 bits per heavy atom. The van der Waals surface area contributed by atoms with Crippen LogP contribution in [0, 0.1) is 17.0 Å². The first-order valence-electron chi connectivity index (χ1n) is 11.9. The van der Waals surface area contributed by atoms with E-state index in [4.69, 9.17) is 14.0 Å². The number of aromatic nitrogens is 1. The Bertz CT molecular complexity index is 1330. The highest BCUT2D eigenvalue weighted by Gasteiger charge is 2.49. The normalized spacial score (nSPS) is 20.6. The molecule has 1 aliphatic heterocycles. The Balaban J connectivity index is 1.82. The van der Waals surface area contributed by atoms with E-state index in [1.165, 1.54) is 18.3 Å². The van der Waals surface area contributed by atoms with E-state index in [-0.39, 0.29) is 43.7 Å². The van der Waals surface area contributed by atoms with Gasteiger partial charge in [-0.1, -0.05) is 6.07 Å². The molecule has 3 unspecified atom stereocenters. The van der Waals surface area contributed by atoms with Gasteiger partial charge in [0.2, 0.25) is 12.8 Å². The summed E-state index contributed by atoms with van der Waals surface area (Å²) < 4.78 is 57.0. The van der Waals surface area contributed by atoms with E-state index in [1.807, 2.05) is 0 Å². The summed E-state index contributed by atoms with van der Waals surface area (Å²) in [4.78, 5) is 39.1. The predicted octanol–water partition coefficient (Wildman–Crippen LogP) is 2.94. The van der Waals surface area contributed by atoms with Crippen LogP contribution in [0.3, 0.4) is 0 Å². The van der Waals surface area contributed by atoms with Crippen molar-refractivity contribution in [3.63, 3.8) is 0 Å². The number of amides is 1. The lowest BCUT2D eigenvalue weighted by Crippen LogP contribution is -2.52. The smallest absolute Gasteiger partial charge is 0.257 e. The number of hydrogen-bond donors (Lipinski definition) is 2. The molecule has 0 radical (unpaired) electrons. The number of aromatic hydroxyl groups is 1. The van der Waals surface area contributed by atoms with Crippen LogP contribution in [0.2, 0.25) is 0 Å². The summed E-state index contributed by atoms with van der Waals surface area (Å²) in [6, 6.07) is 2.85. The van der Waals surface area contributed by atoms with E-state index in [9.17, 15) is 32.8 Å². The van der Waals surface area contributed by atoms with Crippen molar-refractivity contribution in [3.05, 3.63) is 63.1 Å². The first-order chi connectivity index (χ1) is 17.8. The van der Waals surface area contributed by atoms with Crippen molar-refractivity contribution in [1.29, 1.82) is 0 Å². The lowest BCUT2D eigenvalue weighted by atomic mass is 9.76. The van der Waals surface area contributed by atoms with Gasteiger partial charge in [-0.05, 0) is 19.9 Å². The topological polar surface area (TPSA) is 133 Å². The minimum Gasteiger partial charge on any atom is -0.503 e. The fourth-order valence-electron chi connectivity index (χ4n) is 4.27. The molecule has 0 spiro atoms. The van der Waals surface area contributed by atoms with Crippen molar-refractivity contribution in [2.45, 2.75) is 33.0 Å². The number of carbonyl (C=O) groups excluding carboxylic acids is 2. The number of methoxy groups -OCH3 is 1. The monoisotopic (exact) mass is 556 g/mol. The number of ether oxygens (including phenoxy) is 2. The molecule has 13 heteroatoms. The summed E-state index contributed by atoms with van der Waals surface area (Å²) in [6.45, 7) is 4.67. The van der Waals surface area contributed by atoms with Crippen LogP contribution in [0.1, 0.15) is 40.3 Å². The second-order valence-corrected chi connectivity index (χ2v) is 12.1. The molecule has 1 aromatic heterocycles. The maximum atomic E-state index is 13.9. The molecule has 1 amide bonds. The molecule has 0 aliphatic carbocycles. The van der Waals surface area contributed by atoms with E-state index in [0.29, 0.717) is 12.7 Å². The zero-order chi connectivity index (χ0) is 28.3. The number of ketones is 1. The number of nitrogens with zero attached hydrogens (tertiary/aromatic N) is 1. The molecule has 3 atom stereocenters. The first kappa shape index (κ1) is 29.6. The molecule has 1 aromatic carbocycles. The molecular formula is C25H31F2N2O8P. The van der Waals surface area contributed by atoms with Gasteiger partial charge in [-0.25, -0.2) is 8.78 Å². The van der Waals surface area contributed by atoms with Gasteiger partial charge in [0.15, 0.2) is 11.5 Å². The number of benzene rings is 1. The van der Waals surface area contributed by atoms with E-state index in [2.05, 4.69) is 5.32 Å². The summed E-state index contributed by atoms with van der Waals surface area (Å²) in [5.74, 6) is -4.10. The first-order valence-corrected chi connectivity index (χ1v) is 14.1. The van der Waals surface area contributed by atoms with E-state index in [0.717, 1.165) is 18.3 Å². The van der Waals surface area contributed by atoms with Crippen molar-refractivity contribution in [2.75, 3.05) is 39.8 Å². The van der Waals surface area contributed by atoms with Crippen molar-refractivity contribution >= 4 is 19.1 Å². The number of rotatable bonds is 11. The lowest BCUT2D eigenvalue weighted by Gasteiger charge is -2.40. The van der Waals surface area contributed by atoms with Crippen LogP contribution >= 0.6 is 7.37 Å². The molecule has 10 nitrogen and oxygen atoms in total. The second-order valence-electron chi connectivity index (χ2n) is 9.32. The summed E-state index contributed by atoms with van der Waals surface area (Å²) in [7, 11) is -1.44. The molecular weight excluding hydrogens is 525 g/mol.